The van der Waals surface area contributed by atoms with Crippen LogP contribution in [0.2, 0.25) is 0 Å². The number of likely N-dealkylation sites (tertiary alicyclic amines) is 1. The molecule has 3 fully saturated rings. The summed E-state index contributed by atoms with van der Waals surface area (Å²) < 4.78 is 0. The van der Waals surface area contributed by atoms with Gasteiger partial charge in [0.25, 0.3) is 5.91 Å². The maximum Gasteiger partial charge on any atom is 0.274 e. The van der Waals surface area contributed by atoms with Crippen LogP contribution in [0.5, 0.6) is 0 Å². The molecule has 1 atom stereocenters. The molecule has 1 spiro atoms. The molecule has 1 saturated carbocycles. The van der Waals surface area contributed by atoms with Crippen molar-refractivity contribution in [2.75, 3.05) is 42.9 Å². The van der Waals surface area contributed by atoms with Crippen molar-refractivity contribution >= 4 is 34.4 Å². The summed E-state index contributed by atoms with van der Waals surface area (Å²) in [4.78, 5) is 46.4. The summed E-state index contributed by atoms with van der Waals surface area (Å²) in [6.45, 7) is 8.79. The molecule has 4 aromatic rings. The number of piperidine rings is 1. The van der Waals surface area contributed by atoms with E-state index in [-0.39, 0.29) is 23.4 Å². The molecule has 11 nitrogen and oxygen atoms in total. The number of H-pyrrole nitrogens is 1. The van der Waals surface area contributed by atoms with E-state index >= 15 is 0 Å². The molecular weight excluding hydrogens is 554 g/mol. The minimum absolute atomic E-state index is 0.100. The molecule has 226 valence electrons. The Morgan fingerprint density at radius 3 is 2.77 bits per heavy atom. The smallest absolute Gasteiger partial charge is 0.274 e. The van der Waals surface area contributed by atoms with Gasteiger partial charge in [0, 0.05) is 61.9 Å². The largest absolute Gasteiger partial charge is 0.353 e. The zero-order valence-corrected chi connectivity index (χ0v) is 24.7. The van der Waals surface area contributed by atoms with Crippen LogP contribution in [-0.4, -0.2) is 81.0 Å². The van der Waals surface area contributed by atoms with Crippen LogP contribution in [-0.2, 0) is 11.3 Å². The van der Waals surface area contributed by atoms with Gasteiger partial charge in [-0.2, -0.15) is 0 Å². The average molecular weight is 592 g/mol. The maximum atomic E-state index is 13.1. The van der Waals surface area contributed by atoms with E-state index in [4.69, 9.17) is 0 Å². The summed E-state index contributed by atoms with van der Waals surface area (Å²) in [5.74, 6) is 0.572. The molecule has 2 saturated heterocycles. The number of carbonyl (C=O) groups excluding carboxylic acids is 2. The fourth-order valence-corrected chi connectivity index (χ4v) is 6.42. The molecule has 0 unspecified atom stereocenters. The SMILES string of the molecule is C=CC(=O)N[C@@H]1CCCN(Cc2ccnc(C(=O)Nc3ccc(-c4cc5c(N6CCNC7(CC7)C6)ncnc5[nH]4)cc3)c2)C1. The summed E-state index contributed by atoms with van der Waals surface area (Å²) in [5.41, 5.74) is 5.08. The molecule has 1 aliphatic carbocycles. The van der Waals surface area contributed by atoms with Crippen molar-refractivity contribution in [1.82, 2.24) is 35.5 Å². The first-order chi connectivity index (χ1) is 21.5. The number of aromatic amines is 1. The van der Waals surface area contributed by atoms with Gasteiger partial charge in [0.15, 0.2) is 0 Å². The summed E-state index contributed by atoms with van der Waals surface area (Å²) in [6, 6.07) is 13.7. The number of benzene rings is 1. The summed E-state index contributed by atoms with van der Waals surface area (Å²) >= 11 is 0. The fraction of sp³-hybridized carbons (Fsp3) is 0.364. The van der Waals surface area contributed by atoms with Crippen LogP contribution in [0, 0.1) is 0 Å². The molecule has 2 aliphatic heterocycles. The van der Waals surface area contributed by atoms with Gasteiger partial charge in [0.2, 0.25) is 5.91 Å². The Balaban J connectivity index is 1.00. The number of hydrogen-bond acceptors (Lipinski definition) is 8. The lowest BCUT2D eigenvalue weighted by Crippen LogP contribution is -2.52. The molecule has 3 aromatic heterocycles. The predicted molar refractivity (Wildman–Crippen MR) is 170 cm³/mol. The number of aromatic nitrogens is 4. The molecule has 5 heterocycles. The van der Waals surface area contributed by atoms with Crippen molar-refractivity contribution in [3.63, 3.8) is 0 Å². The number of pyridine rings is 1. The molecule has 1 aromatic carbocycles. The minimum atomic E-state index is -0.260. The van der Waals surface area contributed by atoms with E-state index < -0.39 is 0 Å². The highest BCUT2D eigenvalue weighted by Gasteiger charge is 2.46. The monoisotopic (exact) mass is 591 g/mol. The second-order valence-corrected chi connectivity index (χ2v) is 12.1. The molecule has 0 bridgehead atoms. The topological polar surface area (TPSA) is 131 Å². The molecule has 7 rings (SSSR count). The third kappa shape index (κ3) is 6.06. The molecule has 0 radical (unpaired) electrons. The first kappa shape index (κ1) is 28.2. The summed E-state index contributed by atoms with van der Waals surface area (Å²) in [7, 11) is 0. The van der Waals surface area contributed by atoms with Crippen molar-refractivity contribution in [2.45, 2.75) is 43.8 Å². The van der Waals surface area contributed by atoms with Crippen LogP contribution in [0.25, 0.3) is 22.3 Å². The van der Waals surface area contributed by atoms with Crippen LogP contribution in [0.4, 0.5) is 11.5 Å². The fourth-order valence-electron chi connectivity index (χ4n) is 6.42. The Hall–Kier alpha value is -4.61. The van der Waals surface area contributed by atoms with Crippen LogP contribution < -0.4 is 20.9 Å². The number of piperazine rings is 1. The van der Waals surface area contributed by atoms with E-state index in [1.165, 1.54) is 18.9 Å². The van der Waals surface area contributed by atoms with Gasteiger partial charge in [-0.25, -0.2) is 9.97 Å². The Morgan fingerprint density at radius 2 is 1.95 bits per heavy atom. The van der Waals surface area contributed by atoms with Crippen LogP contribution >= 0.6 is 0 Å². The van der Waals surface area contributed by atoms with E-state index in [2.05, 4.69) is 58.3 Å². The van der Waals surface area contributed by atoms with Gasteiger partial charge in [-0.3, -0.25) is 19.5 Å². The van der Waals surface area contributed by atoms with Gasteiger partial charge in [-0.05, 0) is 79.8 Å². The summed E-state index contributed by atoms with van der Waals surface area (Å²) in [5, 5.41) is 10.7. The first-order valence-corrected chi connectivity index (χ1v) is 15.3. The van der Waals surface area contributed by atoms with Gasteiger partial charge in [0.05, 0.1) is 5.39 Å². The van der Waals surface area contributed by atoms with Crippen LogP contribution in [0.15, 0.2) is 67.6 Å². The van der Waals surface area contributed by atoms with Crippen molar-refractivity contribution < 1.29 is 9.59 Å². The first-order valence-electron chi connectivity index (χ1n) is 15.3. The molecule has 4 N–H and O–H groups in total. The highest BCUT2D eigenvalue weighted by molar-refractivity contribution is 6.03. The number of carbonyl (C=O) groups is 2. The highest BCUT2D eigenvalue weighted by Crippen LogP contribution is 2.39. The Bertz CT molecular complexity index is 1700. The van der Waals surface area contributed by atoms with E-state index in [1.807, 2.05) is 36.4 Å². The standard InChI is InChI=1S/C33H37N9O2/c1-2-29(43)38-25-4-3-14-41(19-25)18-22-9-12-34-28(16-22)32(44)39-24-7-5-23(6-8-24)27-17-26-30(40-27)35-21-36-31(26)42-15-13-37-33(20-42)10-11-33/h2,5-9,12,16-17,21,25,37H,1,3-4,10-11,13-15,18-20H2,(H,38,43)(H,39,44)(H,35,36,40)/t25-/m1/s1. The van der Waals surface area contributed by atoms with Gasteiger partial charge in [0.1, 0.15) is 23.5 Å². The van der Waals surface area contributed by atoms with Crippen molar-refractivity contribution in [3.8, 4) is 11.3 Å². The van der Waals surface area contributed by atoms with E-state index in [9.17, 15) is 9.59 Å². The van der Waals surface area contributed by atoms with Crippen LogP contribution in [0.3, 0.4) is 0 Å². The third-order valence-electron chi connectivity index (χ3n) is 8.89. The normalized spacial score (nSPS) is 19.5. The zero-order chi connectivity index (χ0) is 30.1. The lowest BCUT2D eigenvalue weighted by molar-refractivity contribution is -0.117. The second kappa shape index (κ2) is 11.8. The van der Waals surface area contributed by atoms with E-state index in [1.54, 1.807) is 12.5 Å². The molecule has 2 amide bonds. The minimum Gasteiger partial charge on any atom is -0.353 e. The van der Waals surface area contributed by atoms with E-state index in [0.29, 0.717) is 17.9 Å². The molecule has 3 aliphatic rings. The Morgan fingerprint density at radius 1 is 1.09 bits per heavy atom. The Kier molecular flexibility index (Phi) is 7.57. The van der Waals surface area contributed by atoms with Gasteiger partial charge >= 0.3 is 0 Å². The number of fused-ring (bicyclic) bond motifs is 1. The number of anilines is 2. The van der Waals surface area contributed by atoms with Crippen LogP contribution in [0.1, 0.15) is 41.7 Å². The number of hydrogen-bond donors (Lipinski definition) is 4. The lowest BCUT2D eigenvalue weighted by atomic mass is 10.0. The van der Waals surface area contributed by atoms with Crippen molar-refractivity contribution in [2.24, 2.45) is 0 Å². The quantitative estimate of drug-likeness (QED) is 0.229. The molecule has 44 heavy (non-hydrogen) atoms. The predicted octanol–water partition coefficient (Wildman–Crippen LogP) is 3.48. The number of amides is 2. The van der Waals surface area contributed by atoms with E-state index in [0.717, 1.165) is 79.2 Å². The van der Waals surface area contributed by atoms with Crippen molar-refractivity contribution in [3.05, 3.63) is 78.9 Å². The number of nitrogens with zero attached hydrogens (tertiary/aromatic N) is 5. The number of nitrogens with one attached hydrogen (secondary N) is 4. The number of rotatable bonds is 8. The molecular formula is C33H37N9O2. The van der Waals surface area contributed by atoms with Crippen molar-refractivity contribution in [1.29, 1.82) is 0 Å². The zero-order valence-electron chi connectivity index (χ0n) is 24.7. The maximum absolute atomic E-state index is 13.1. The Labute approximate surface area is 256 Å². The lowest BCUT2D eigenvalue weighted by Gasteiger charge is -2.35. The van der Waals surface area contributed by atoms with Gasteiger partial charge in [-0.1, -0.05) is 18.7 Å². The van der Waals surface area contributed by atoms with Gasteiger partial charge in [-0.15, -0.1) is 0 Å². The van der Waals surface area contributed by atoms with Gasteiger partial charge < -0.3 is 25.8 Å². The third-order valence-corrected chi connectivity index (χ3v) is 8.89. The second-order valence-electron chi connectivity index (χ2n) is 12.1. The summed E-state index contributed by atoms with van der Waals surface area (Å²) in [6.07, 6.45) is 9.01. The highest BCUT2D eigenvalue weighted by atomic mass is 16.2. The average Bonchev–Trinajstić information content (AvgIpc) is 3.63. The molecule has 11 heteroatoms.